The van der Waals surface area contributed by atoms with E-state index in [2.05, 4.69) is 5.32 Å². The molecule has 1 aromatic rings. The van der Waals surface area contributed by atoms with E-state index >= 15 is 0 Å². The number of hydrogen-bond donors (Lipinski definition) is 1. The van der Waals surface area contributed by atoms with Crippen LogP contribution in [0.2, 0.25) is 0 Å². The first-order valence-electron chi connectivity index (χ1n) is 5.43. The Morgan fingerprint density at radius 3 is 2.76 bits per heavy atom. The molecule has 0 bridgehead atoms. The third-order valence-electron chi connectivity index (χ3n) is 2.12. The predicted octanol–water partition coefficient (Wildman–Crippen LogP) is 1.99. The van der Waals surface area contributed by atoms with Gasteiger partial charge in [-0.3, -0.25) is 4.79 Å². The van der Waals surface area contributed by atoms with E-state index in [1.165, 1.54) is 18.2 Å². The minimum absolute atomic E-state index is 0.162. The van der Waals surface area contributed by atoms with E-state index in [9.17, 15) is 9.18 Å². The monoisotopic (exact) mass is 237 g/mol. The lowest BCUT2D eigenvalue weighted by atomic mass is 10.2. The number of ether oxygens (including phenoxy) is 1. The average molecular weight is 237 g/mol. The van der Waals surface area contributed by atoms with Crippen LogP contribution in [0.4, 0.5) is 4.39 Å². The van der Waals surface area contributed by atoms with Gasteiger partial charge in [0.2, 0.25) is 5.91 Å². The van der Waals surface area contributed by atoms with Gasteiger partial charge in [-0.25, -0.2) is 4.39 Å². The standard InChI is InChI=1S/C13H16FNO2/c1-17-10-2-9-15-13(16)8-5-11-3-6-12(14)7-4-11/h3-8H,2,9-10H2,1H3,(H,15,16)/b8-5+. The van der Waals surface area contributed by atoms with E-state index in [1.807, 2.05) is 0 Å². The molecule has 0 saturated carbocycles. The van der Waals surface area contributed by atoms with Crippen LogP contribution >= 0.6 is 0 Å². The van der Waals surface area contributed by atoms with Crippen molar-refractivity contribution < 1.29 is 13.9 Å². The van der Waals surface area contributed by atoms with Gasteiger partial charge in [0.15, 0.2) is 0 Å². The van der Waals surface area contributed by atoms with E-state index in [1.54, 1.807) is 25.3 Å². The van der Waals surface area contributed by atoms with Gasteiger partial charge in [-0.05, 0) is 30.2 Å². The molecular weight excluding hydrogens is 221 g/mol. The lowest BCUT2D eigenvalue weighted by Crippen LogP contribution is -2.22. The van der Waals surface area contributed by atoms with E-state index in [0.29, 0.717) is 13.2 Å². The molecule has 1 N–H and O–H groups in total. The van der Waals surface area contributed by atoms with Crippen LogP contribution < -0.4 is 5.32 Å². The van der Waals surface area contributed by atoms with Crippen LogP contribution in [0.25, 0.3) is 6.08 Å². The molecule has 3 nitrogen and oxygen atoms in total. The molecule has 0 unspecified atom stereocenters. The molecule has 0 fully saturated rings. The summed E-state index contributed by atoms with van der Waals surface area (Å²) in [5.74, 6) is -0.448. The maximum atomic E-state index is 12.6. The van der Waals surface area contributed by atoms with Gasteiger partial charge in [-0.15, -0.1) is 0 Å². The molecular formula is C13H16FNO2. The molecule has 92 valence electrons. The molecule has 0 aromatic heterocycles. The van der Waals surface area contributed by atoms with E-state index < -0.39 is 0 Å². The predicted molar refractivity (Wildman–Crippen MR) is 64.9 cm³/mol. The highest BCUT2D eigenvalue weighted by Crippen LogP contribution is 2.04. The average Bonchev–Trinajstić information content (AvgIpc) is 2.34. The highest BCUT2D eigenvalue weighted by molar-refractivity contribution is 5.91. The molecule has 1 rings (SSSR count). The second-order valence-electron chi connectivity index (χ2n) is 3.52. The van der Waals surface area contributed by atoms with Gasteiger partial charge in [0.05, 0.1) is 0 Å². The Kier molecular flexibility index (Phi) is 5.96. The zero-order valence-electron chi connectivity index (χ0n) is 9.78. The van der Waals surface area contributed by atoms with E-state index in [0.717, 1.165) is 12.0 Å². The van der Waals surface area contributed by atoms with Gasteiger partial charge in [0.1, 0.15) is 5.82 Å². The number of carbonyl (C=O) groups excluding carboxylic acids is 1. The summed E-state index contributed by atoms with van der Waals surface area (Å²) in [6.45, 7) is 1.21. The second-order valence-corrected chi connectivity index (χ2v) is 3.52. The van der Waals surface area contributed by atoms with Crippen molar-refractivity contribution in [3.63, 3.8) is 0 Å². The van der Waals surface area contributed by atoms with E-state index in [4.69, 9.17) is 4.74 Å². The largest absolute Gasteiger partial charge is 0.385 e. The Morgan fingerprint density at radius 1 is 1.41 bits per heavy atom. The molecule has 0 aliphatic rings. The van der Waals surface area contributed by atoms with Crippen LogP contribution in [0.1, 0.15) is 12.0 Å². The molecule has 17 heavy (non-hydrogen) atoms. The van der Waals surface area contributed by atoms with Crippen molar-refractivity contribution in [1.82, 2.24) is 5.32 Å². The van der Waals surface area contributed by atoms with Crippen LogP contribution in [-0.4, -0.2) is 26.2 Å². The third-order valence-corrected chi connectivity index (χ3v) is 2.12. The Hall–Kier alpha value is -1.68. The fourth-order valence-electron chi connectivity index (χ4n) is 1.23. The number of amides is 1. The Bertz CT molecular complexity index is 374. The van der Waals surface area contributed by atoms with Crippen LogP contribution in [0.3, 0.4) is 0 Å². The minimum Gasteiger partial charge on any atom is -0.385 e. The van der Waals surface area contributed by atoms with Crippen molar-refractivity contribution in [2.45, 2.75) is 6.42 Å². The van der Waals surface area contributed by atoms with Crippen molar-refractivity contribution in [1.29, 1.82) is 0 Å². The van der Waals surface area contributed by atoms with Crippen molar-refractivity contribution >= 4 is 12.0 Å². The first kappa shape index (κ1) is 13.4. The smallest absolute Gasteiger partial charge is 0.244 e. The van der Waals surface area contributed by atoms with Crippen LogP contribution in [0.15, 0.2) is 30.3 Å². The maximum Gasteiger partial charge on any atom is 0.244 e. The number of rotatable bonds is 6. The first-order valence-corrected chi connectivity index (χ1v) is 5.43. The Balaban J connectivity index is 2.32. The third kappa shape index (κ3) is 5.82. The van der Waals surface area contributed by atoms with Gasteiger partial charge in [0, 0.05) is 26.3 Å². The van der Waals surface area contributed by atoms with Crippen molar-refractivity contribution in [2.24, 2.45) is 0 Å². The van der Waals surface area contributed by atoms with Gasteiger partial charge < -0.3 is 10.1 Å². The zero-order chi connectivity index (χ0) is 12.5. The number of methoxy groups -OCH3 is 1. The number of carbonyl (C=O) groups is 1. The molecule has 0 radical (unpaired) electrons. The topological polar surface area (TPSA) is 38.3 Å². The fraction of sp³-hybridized carbons (Fsp3) is 0.308. The normalized spacial score (nSPS) is 10.7. The molecule has 0 aliphatic heterocycles. The van der Waals surface area contributed by atoms with Crippen molar-refractivity contribution in [3.05, 3.63) is 41.7 Å². The van der Waals surface area contributed by atoms with Crippen LogP contribution in [-0.2, 0) is 9.53 Å². The summed E-state index contributed by atoms with van der Waals surface area (Å²) in [5.41, 5.74) is 0.790. The summed E-state index contributed by atoms with van der Waals surface area (Å²) in [6, 6.07) is 5.94. The zero-order valence-corrected chi connectivity index (χ0v) is 9.78. The Labute approximate surface area is 100 Å². The highest BCUT2D eigenvalue weighted by atomic mass is 19.1. The lowest BCUT2D eigenvalue weighted by Gasteiger charge is -2.00. The Morgan fingerprint density at radius 2 is 2.12 bits per heavy atom. The minimum atomic E-state index is -0.286. The summed E-state index contributed by atoms with van der Waals surface area (Å²) < 4.78 is 17.5. The SMILES string of the molecule is COCCCNC(=O)/C=C/c1ccc(F)cc1. The summed E-state index contributed by atoms with van der Waals surface area (Å²) in [7, 11) is 1.62. The number of hydrogen-bond acceptors (Lipinski definition) is 2. The molecule has 1 aromatic carbocycles. The summed E-state index contributed by atoms with van der Waals surface area (Å²) in [5, 5.41) is 2.72. The molecule has 0 atom stereocenters. The first-order chi connectivity index (χ1) is 8.22. The molecule has 0 heterocycles. The van der Waals surface area contributed by atoms with Gasteiger partial charge in [-0.1, -0.05) is 12.1 Å². The number of benzene rings is 1. The molecule has 1 amide bonds. The summed E-state index contributed by atoms with van der Waals surface area (Å²) in [4.78, 5) is 11.3. The van der Waals surface area contributed by atoms with Crippen LogP contribution in [0, 0.1) is 5.82 Å². The van der Waals surface area contributed by atoms with Crippen molar-refractivity contribution in [2.75, 3.05) is 20.3 Å². The summed E-state index contributed by atoms with van der Waals surface area (Å²) >= 11 is 0. The van der Waals surface area contributed by atoms with Crippen molar-refractivity contribution in [3.8, 4) is 0 Å². The lowest BCUT2D eigenvalue weighted by molar-refractivity contribution is -0.116. The van der Waals surface area contributed by atoms with Crippen LogP contribution in [0.5, 0.6) is 0 Å². The maximum absolute atomic E-state index is 12.6. The van der Waals surface area contributed by atoms with Gasteiger partial charge in [-0.2, -0.15) is 0 Å². The quantitative estimate of drug-likeness (QED) is 0.607. The highest BCUT2D eigenvalue weighted by Gasteiger charge is 1.94. The van der Waals surface area contributed by atoms with Gasteiger partial charge in [0.25, 0.3) is 0 Å². The van der Waals surface area contributed by atoms with E-state index in [-0.39, 0.29) is 11.7 Å². The fourth-order valence-corrected chi connectivity index (χ4v) is 1.23. The number of nitrogens with one attached hydrogen (secondary N) is 1. The molecule has 0 aliphatic carbocycles. The van der Waals surface area contributed by atoms with Gasteiger partial charge >= 0.3 is 0 Å². The number of halogens is 1. The second kappa shape index (κ2) is 7.57. The molecule has 4 heteroatoms. The molecule has 0 spiro atoms. The summed E-state index contributed by atoms with van der Waals surface area (Å²) in [6.07, 6.45) is 3.86. The molecule has 0 saturated heterocycles.